The predicted octanol–water partition coefficient (Wildman–Crippen LogP) is 1.14. The van der Waals surface area contributed by atoms with Crippen molar-refractivity contribution in [3.05, 3.63) is 35.4 Å². The molecule has 1 atom stereocenters. The van der Waals surface area contributed by atoms with E-state index in [1.807, 2.05) is 0 Å². The normalized spacial score (nSPS) is 18.9. The molecule has 9 nitrogen and oxygen atoms in total. The molecule has 11 heteroatoms. The molecule has 0 saturated heterocycles. The van der Waals surface area contributed by atoms with Gasteiger partial charge in [-0.2, -0.15) is 0 Å². The number of pyridine rings is 1. The van der Waals surface area contributed by atoms with Gasteiger partial charge in [-0.15, -0.1) is 0 Å². The highest BCUT2D eigenvalue weighted by Gasteiger charge is 2.39. The van der Waals surface area contributed by atoms with Gasteiger partial charge in [-0.1, -0.05) is 11.6 Å². The number of aliphatic hydroxyl groups is 1. The van der Waals surface area contributed by atoms with Crippen LogP contribution in [-0.4, -0.2) is 47.2 Å². The van der Waals surface area contributed by atoms with Crippen molar-refractivity contribution in [1.82, 2.24) is 14.3 Å². The molecule has 0 unspecified atom stereocenters. The number of nitrogens with zero attached hydrogens (tertiary/aromatic N) is 2. The lowest BCUT2D eigenvalue weighted by atomic mass is 10.0. The third-order valence-electron chi connectivity index (χ3n) is 4.14. The first kappa shape index (κ1) is 19.6. The molecule has 1 amide bonds. The summed E-state index contributed by atoms with van der Waals surface area (Å²) in [5.41, 5.74) is -0.923. The van der Waals surface area contributed by atoms with Gasteiger partial charge in [0.05, 0.1) is 11.6 Å². The number of rotatable bonds is 3. The van der Waals surface area contributed by atoms with Gasteiger partial charge >= 0.3 is 0 Å². The minimum absolute atomic E-state index is 0.0275. The number of carbonyl (C=O) groups excluding carboxylic acids is 1. The first-order valence-electron chi connectivity index (χ1n) is 7.99. The number of nitrogens with one attached hydrogen (secondary N) is 2. The van der Waals surface area contributed by atoms with Crippen LogP contribution in [0, 0.1) is 0 Å². The van der Waals surface area contributed by atoms with Crippen LogP contribution < -0.4 is 14.8 Å². The van der Waals surface area contributed by atoms with Gasteiger partial charge in [-0.05, 0) is 26.0 Å². The minimum Gasteiger partial charge on any atom is -0.488 e. The zero-order valence-corrected chi connectivity index (χ0v) is 16.4. The van der Waals surface area contributed by atoms with Crippen LogP contribution in [0.15, 0.2) is 29.4 Å². The smallest absolute Gasteiger partial charge is 0.276 e. The minimum atomic E-state index is -3.99. The van der Waals surface area contributed by atoms with Crippen molar-refractivity contribution in [3.63, 3.8) is 0 Å². The Hall–Kier alpha value is -2.14. The summed E-state index contributed by atoms with van der Waals surface area (Å²) in [6, 6.07) is 2.13. The highest BCUT2D eigenvalue weighted by Crippen LogP contribution is 2.34. The summed E-state index contributed by atoms with van der Waals surface area (Å²) in [4.78, 5) is 16.4. The molecule has 1 aliphatic heterocycles. The van der Waals surface area contributed by atoms with Crippen molar-refractivity contribution in [2.24, 2.45) is 7.05 Å². The van der Waals surface area contributed by atoms with E-state index in [0.29, 0.717) is 5.69 Å². The van der Waals surface area contributed by atoms with Crippen LogP contribution in [0.5, 0.6) is 5.75 Å². The number of hydrogen-bond acceptors (Lipinski definition) is 6. The summed E-state index contributed by atoms with van der Waals surface area (Å²) in [6.07, 6.45) is 2.72. The van der Waals surface area contributed by atoms with E-state index in [2.05, 4.69) is 15.0 Å². The van der Waals surface area contributed by atoms with Crippen LogP contribution in [0.1, 0.15) is 24.3 Å². The second-order valence-electron chi connectivity index (χ2n) is 6.74. The maximum Gasteiger partial charge on any atom is 0.276 e. The zero-order valence-electron chi connectivity index (χ0n) is 14.9. The number of halogens is 1. The fourth-order valence-corrected chi connectivity index (χ4v) is 4.37. The van der Waals surface area contributed by atoms with Gasteiger partial charge in [0.1, 0.15) is 16.7 Å². The van der Waals surface area contributed by atoms with Crippen molar-refractivity contribution in [3.8, 4) is 5.75 Å². The van der Waals surface area contributed by atoms with Crippen LogP contribution in [0.25, 0.3) is 0 Å². The number of aryl methyl sites for hydroxylation is 1. The summed E-state index contributed by atoms with van der Waals surface area (Å²) < 4.78 is 34.8. The van der Waals surface area contributed by atoms with E-state index in [0.717, 1.165) is 0 Å². The Balaban J connectivity index is 1.99. The van der Waals surface area contributed by atoms with Gasteiger partial charge in [0.15, 0.2) is 11.4 Å². The summed E-state index contributed by atoms with van der Waals surface area (Å²) in [7, 11) is -2.46. The van der Waals surface area contributed by atoms with Gasteiger partial charge in [-0.3, -0.25) is 4.79 Å². The van der Waals surface area contributed by atoms with E-state index in [1.54, 1.807) is 6.07 Å². The molecular formula is C16H19ClN4O5S. The summed E-state index contributed by atoms with van der Waals surface area (Å²) in [5, 5.41) is 13.0. The van der Waals surface area contributed by atoms with E-state index >= 15 is 0 Å². The number of aromatic nitrogens is 2. The maximum atomic E-state index is 12.7. The Morgan fingerprint density at radius 3 is 2.85 bits per heavy atom. The van der Waals surface area contributed by atoms with Crippen LogP contribution in [0.2, 0.25) is 5.15 Å². The van der Waals surface area contributed by atoms with E-state index in [-0.39, 0.29) is 28.1 Å². The molecule has 0 bridgehead atoms. The van der Waals surface area contributed by atoms with Gasteiger partial charge in [0.2, 0.25) is 10.0 Å². The third kappa shape index (κ3) is 3.93. The Bertz CT molecular complexity index is 997. The monoisotopic (exact) mass is 414 g/mol. The van der Waals surface area contributed by atoms with Gasteiger partial charge < -0.3 is 19.7 Å². The standard InChI is InChI=1S/C16H19ClN4O5S/c1-16(2,23)11-8-26-14-10(27(24,25)20-11)7-21(3)13(14)15(22)19-9-4-5-18-12(17)6-9/h4-7,11,20,23H,8H2,1-3H3,(H,18,19,22)/t11-/m1/s1. The lowest BCUT2D eigenvalue weighted by Gasteiger charge is -2.27. The first-order valence-corrected chi connectivity index (χ1v) is 9.85. The number of fused-ring (bicyclic) bond motifs is 1. The Morgan fingerprint density at radius 1 is 1.52 bits per heavy atom. The molecule has 0 spiro atoms. The zero-order chi connectivity index (χ0) is 20.0. The van der Waals surface area contributed by atoms with E-state index in [1.165, 1.54) is 43.9 Å². The summed E-state index contributed by atoms with van der Waals surface area (Å²) >= 11 is 5.81. The van der Waals surface area contributed by atoms with Crippen LogP contribution in [-0.2, 0) is 17.1 Å². The molecule has 3 heterocycles. The fraction of sp³-hybridized carbons (Fsp3) is 0.375. The predicted molar refractivity (Wildman–Crippen MR) is 98.5 cm³/mol. The highest BCUT2D eigenvalue weighted by molar-refractivity contribution is 7.89. The van der Waals surface area contributed by atoms with Crippen molar-refractivity contribution in [2.45, 2.75) is 30.4 Å². The van der Waals surface area contributed by atoms with Crippen LogP contribution in [0.3, 0.4) is 0 Å². The van der Waals surface area contributed by atoms with Gasteiger partial charge in [0.25, 0.3) is 5.91 Å². The molecule has 2 aromatic heterocycles. The molecule has 27 heavy (non-hydrogen) atoms. The van der Waals surface area contributed by atoms with E-state index in [9.17, 15) is 18.3 Å². The van der Waals surface area contributed by atoms with E-state index < -0.39 is 27.6 Å². The quantitative estimate of drug-likeness (QED) is 0.647. The largest absolute Gasteiger partial charge is 0.488 e. The second kappa shape index (κ2) is 6.79. The summed E-state index contributed by atoms with van der Waals surface area (Å²) in [6.45, 7) is 2.81. The third-order valence-corrected chi connectivity index (χ3v) is 5.81. The topological polar surface area (TPSA) is 123 Å². The number of hydrogen-bond donors (Lipinski definition) is 3. The highest BCUT2D eigenvalue weighted by atomic mass is 35.5. The molecular weight excluding hydrogens is 396 g/mol. The molecule has 0 radical (unpaired) electrons. The molecule has 3 rings (SSSR count). The lowest BCUT2D eigenvalue weighted by molar-refractivity contribution is 0.0288. The molecule has 3 N–H and O–H groups in total. The lowest BCUT2D eigenvalue weighted by Crippen LogP contribution is -2.51. The Kier molecular flexibility index (Phi) is 4.93. The molecule has 1 aliphatic rings. The van der Waals surface area contributed by atoms with Crippen molar-refractivity contribution in [2.75, 3.05) is 11.9 Å². The molecule has 146 valence electrons. The number of carbonyl (C=O) groups is 1. The fourth-order valence-electron chi connectivity index (χ4n) is 2.64. The van der Waals surface area contributed by atoms with Crippen molar-refractivity contribution >= 4 is 33.2 Å². The Labute approximate surface area is 161 Å². The van der Waals surface area contributed by atoms with Crippen molar-refractivity contribution in [1.29, 1.82) is 0 Å². The summed E-state index contributed by atoms with van der Waals surface area (Å²) in [5.74, 6) is -0.646. The van der Waals surface area contributed by atoms with Gasteiger partial charge in [0, 0.05) is 25.1 Å². The maximum absolute atomic E-state index is 12.7. The van der Waals surface area contributed by atoms with Crippen LogP contribution in [0.4, 0.5) is 5.69 Å². The van der Waals surface area contributed by atoms with E-state index in [4.69, 9.17) is 16.3 Å². The number of anilines is 1. The molecule has 0 fully saturated rings. The average molecular weight is 415 g/mol. The SMILES string of the molecule is Cn1cc2c(c1C(=O)Nc1ccnc(Cl)c1)OC[C@H](C(C)(C)O)NS2(=O)=O. The number of ether oxygens (including phenoxy) is 1. The molecule has 0 saturated carbocycles. The second-order valence-corrected chi connectivity index (χ2v) is 8.81. The number of amides is 1. The molecule has 0 aliphatic carbocycles. The van der Waals surface area contributed by atoms with Crippen molar-refractivity contribution < 1.29 is 23.1 Å². The van der Waals surface area contributed by atoms with Crippen LogP contribution >= 0.6 is 11.6 Å². The average Bonchev–Trinajstić information content (AvgIpc) is 2.81. The Morgan fingerprint density at radius 2 is 2.22 bits per heavy atom. The van der Waals surface area contributed by atoms with Gasteiger partial charge in [-0.25, -0.2) is 18.1 Å². The molecule has 2 aromatic rings. The number of sulfonamides is 1. The molecule has 0 aromatic carbocycles. The first-order chi connectivity index (χ1) is 12.5.